The van der Waals surface area contributed by atoms with E-state index in [1.807, 2.05) is 0 Å². The summed E-state index contributed by atoms with van der Waals surface area (Å²) in [5.41, 5.74) is 0. The van der Waals surface area contributed by atoms with Gasteiger partial charge < -0.3 is 4.74 Å². The monoisotopic (exact) mass is 332 g/mol. The fourth-order valence-corrected chi connectivity index (χ4v) is 3.25. The molecule has 0 aliphatic heterocycles. The van der Waals surface area contributed by atoms with Gasteiger partial charge in [0.2, 0.25) is 0 Å². The number of halogens is 2. The molecule has 0 unspecified atom stereocenters. The normalized spacial score (nSPS) is 11.2. The van der Waals surface area contributed by atoms with E-state index >= 15 is 0 Å². The average molecular weight is 333 g/mol. The third kappa shape index (κ3) is 3.33. The summed E-state index contributed by atoms with van der Waals surface area (Å²) in [5, 5.41) is 0.455. The maximum atomic E-state index is 12.3. The van der Waals surface area contributed by atoms with Crippen LogP contribution in [0, 0.1) is 0 Å². The Morgan fingerprint density at radius 1 is 1.20 bits per heavy atom. The van der Waals surface area contributed by atoms with Crippen molar-refractivity contribution in [3.05, 3.63) is 46.6 Å². The van der Waals surface area contributed by atoms with Crippen LogP contribution in [-0.2, 0) is 10.0 Å². The number of aromatic nitrogens is 1. The number of rotatable bonds is 4. The topological polar surface area (TPSA) is 68.3 Å². The number of pyridine rings is 1. The molecule has 0 aliphatic rings. The minimum absolute atomic E-state index is 0.0530. The highest BCUT2D eigenvalue weighted by molar-refractivity contribution is 7.92. The molecule has 0 aliphatic carbocycles. The van der Waals surface area contributed by atoms with Crippen molar-refractivity contribution in [1.82, 2.24) is 4.98 Å². The second kappa shape index (κ2) is 5.87. The first-order valence-corrected chi connectivity index (χ1v) is 7.64. The van der Waals surface area contributed by atoms with Gasteiger partial charge in [-0.05, 0) is 30.3 Å². The Kier molecular flexibility index (Phi) is 4.37. The Balaban J connectivity index is 2.41. The third-order valence-corrected chi connectivity index (χ3v) is 4.12. The van der Waals surface area contributed by atoms with Crippen LogP contribution in [0.15, 0.2) is 41.4 Å². The Morgan fingerprint density at radius 2 is 1.85 bits per heavy atom. The van der Waals surface area contributed by atoms with Gasteiger partial charge in [0, 0.05) is 16.2 Å². The average Bonchev–Trinajstić information content (AvgIpc) is 2.38. The number of hydrogen-bond acceptors (Lipinski definition) is 4. The molecule has 0 fully saturated rings. The molecule has 1 heterocycles. The zero-order chi connectivity index (χ0) is 14.8. The fourth-order valence-electron chi connectivity index (χ4n) is 1.50. The third-order valence-electron chi connectivity index (χ3n) is 2.37. The van der Waals surface area contributed by atoms with Crippen molar-refractivity contribution >= 4 is 39.0 Å². The van der Waals surface area contributed by atoms with Crippen molar-refractivity contribution in [2.75, 3.05) is 11.8 Å². The number of sulfonamides is 1. The fraction of sp³-hybridized carbons (Fsp3) is 0.0833. The predicted molar refractivity (Wildman–Crippen MR) is 78.1 cm³/mol. The quantitative estimate of drug-likeness (QED) is 0.933. The zero-order valence-corrected chi connectivity index (χ0v) is 12.6. The molecule has 20 heavy (non-hydrogen) atoms. The van der Waals surface area contributed by atoms with Crippen LogP contribution in [0.1, 0.15) is 0 Å². The van der Waals surface area contributed by atoms with E-state index in [1.54, 1.807) is 12.1 Å². The van der Waals surface area contributed by atoms with Gasteiger partial charge in [-0.3, -0.25) is 4.72 Å². The highest BCUT2D eigenvalue weighted by atomic mass is 35.5. The number of ether oxygens (including phenoxy) is 1. The van der Waals surface area contributed by atoms with E-state index < -0.39 is 10.0 Å². The van der Waals surface area contributed by atoms with Crippen LogP contribution in [0.2, 0.25) is 10.0 Å². The van der Waals surface area contributed by atoms with Crippen molar-refractivity contribution in [2.24, 2.45) is 0 Å². The van der Waals surface area contributed by atoms with Crippen LogP contribution in [0.4, 0.5) is 5.82 Å². The van der Waals surface area contributed by atoms with Gasteiger partial charge in [0.15, 0.2) is 11.6 Å². The van der Waals surface area contributed by atoms with Crippen molar-refractivity contribution in [1.29, 1.82) is 0 Å². The lowest BCUT2D eigenvalue weighted by Gasteiger charge is -2.10. The molecule has 2 aromatic rings. The number of benzene rings is 1. The van der Waals surface area contributed by atoms with Crippen molar-refractivity contribution < 1.29 is 13.2 Å². The summed E-state index contributed by atoms with van der Waals surface area (Å²) in [7, 11) is -2.43. The zero-order valence-electron chi connectivity index (χ0n) is 10.3. The van der Waals surface area contributed by atoms with E-state index in [4.69, 9.17) is 27.9 Å². The molecule has 5 nitrogen and oxygen atoms in total. The van der Waals surface area contributed by atoms with E-state index in [2.05, 4.69) is 9.71 Å². The standard InChI is InChI=1S/C12H10Cl2N2O3S/c1-19-11-3-2-4-15-12(11)16-20(17,18)10-6-8(13)5-9(14)7-10/h2-7H,1H3,(H,15,16). The summed E-state index contributed by atoms with van der Waals surface area (Å²) in [6, 6.07) is 7.27. The maximum absolute atomic E-state index is 12.3. The van der Waals surface area contributed by atoms with E-state index in [9.17, 15) is 8.42 Å². The van der Waals surface area contributed by atoms with Crippen LogP contribution in [0.25, 0.3) is 0 Å². The first kappa shape index (κ1) is 14.9. The van der Waals surface area contributed by atoms with Gasteiger partial charge in [-0.1, -0.05) is 23.2 Å². The lowest BCUT2D eigenvalue weighted by molar-refractivity contribution is 0.415. The number of anilines is 1. The predicted octanol–water partition coefficient (Wildman–Crippen LogP) is 3.20. The molecule has 8 heteroatoms. The molecule has 1 aromatic heterocycles. The number of methoxy groups -OCH3 is 1. The van der Waals surface area contributed by atoms with E-state index in [-0.39, 0.29) is 20.8 Å². The van der Waals surface area contributed by atoms with Crippen LogP contribution >= 0.6 is 23.2 Å². The van der Waals surface area contributed by atoms with Gasteiger partial charge in [0.05, 0.1) is 12.0 Å². The van der Waals surface area contributed by atoms with Crippen molar-refractivity contribution in [2.45, 2.75) is 4.90 Å². The summed E-state index contributed by atoms with van der Waals surface area (Å²) in [5.74, 6) is 0.398. The molecule has 1 N–H and O–H groups in total. The lowest BCUT2D eigenvalue weighted by Crippen LogP contribution is -2.14. The Labute approximate surface area is 126 Å². The van der Waals surface area contributed by atoms with Gasteiger partial charge >= 0.3 is 0 Å². The lowest BCUT2D eigenvalue weighted by atomic mass is 10.4. The van der Waals surface area contributed by atoms with Gasteiger partial charge in [-0.15, -0.1) is 0 Å². The molecule has 1 aromatic carbocycles. The smallest absolute Gasteiger partial charge is 0.263 e. The van der Waals surface area contributed by atoms with Crippen LogP contribution < -0.4 is 9.46 Å². The van der Waals surface area contributed by atoms with E-state index in [0.717, 1.165) is 0 Å². The van der Waals surface area contributed by atoms with Crippen LogP contribution in [0.3, 0.4) is 0 Å². The Bertz CT molecular complexity index is 715. The number of nitrogens with zero attached hydrogens (tertiary/aromatic N) is 1. The number of hydrogen-bond donors (Lipinski definition) is 1. The second-order valence-corrected chi connectivity index (χ2v) is 6.32. The largest absolute Gasteiger partial charge is 0.493 e. The minimum atomic E-state index is -3.85. The summed E-state index contributed by atoms with van der Waals surface area (Å²) >= 11 is 11.6. The maximum Gasteiger partial charge on any atom is 0.263 e. The van der Waals surface area contributed by atoms with Gasteiger partial charge in [0.25, 0.3) is 10.0 Å². The Morgan fingerprint density at radius 3 is 2.45 bits per heavy atom. The van der Waals surface area contributed by atoms with Gasteiger partial charge in [-0.25, -0.2) is 13.4 Å². The first-order chi connectivity index (χ1) is 9.42. The molecule has 0 saturated carbocycles. The highest BCUT2D eigenvalue weighted by Crippen LogP contribution is 2.26. The van der Waals surface area contributed by atoms with E-state index in [1.165, 1.54) is 31.5 Å². The Hall–Kier alpha value is -1.50. The highest BCUT2D eigenvalue weighted by Gasteiger charge is 2.18. The molecule has 0 radical (unpaired) electrons. The SMILES string of the molecule is COc1cccnc1NS(=O)(=O)c1cc(Cl)cc(Cl)c1. The minimum Gasteiger partial charge on any atom is -0.493 e. The molecule has 106 valence electrons. The summed E-state index contributed by atoms with van der Waals surface area (Å²) in [6.07, 6.45) is 1.45. The molecular weight excluding hydrogens is 323 g/mol. The van der Waals surface area contributed by atoms with Gasteiger partial charge in [0.1, 0.15) is 0 Å². The van der Waals surface area contributed by atoms with Crippen LogP contribution in [0.5, 0.6) is 5.75 Å². The number of nitrogens with one attached hydrogen (secondary N) is 1. The first-order valence-electron chi connectivity index (χ1n) is 5.40. The molecule has 0 bridgehead atoms. The van der Waals surface area contributed by atoms with Crippen molar-refractivity contribution in [3.8, 4) is 5.75 Å². The summed E-state index contributed by atoms with van der Waals surface area (Å²) < 4.78 is 31.9. The summed E-state index contributed by atoms with van der Waals surface area (Å²) in [6.45, 7) is 0. The van der Waals surface area contributed by atoms with Gasteiger partial charge in [-0.2, -0.15) is 0 Å². The molecule has 0 atom stereocenters. The van der Waals surface area contributed by atoms with E-state index in [0.29, 0.717) is 5.75 Å². The van der Waals surface area contributed by atoms with Crippen molar-refractivity contribution in [3.63, 3.8) is 0 Å². The molecule has 0 spiro atoms. The molecular formula is C12H10Cl2N2O3S. The van der Waals surface area contributed by atoms with Crippen LogP contribution in [-0.4, -0.2) is 20.5 Å². The summed E-state index contributed by atoms with van der Waals surface area (Å²) in [4.78, 5) is 3.87. The molecule has 0 amide bonds. The second-order valence-electron chi connectivity index (χ2n) is 3.76. The molecule has 0 saturated heterocycles. The molecule has 2 rings (SSSR count).